The van der Waals surface area contributed by atoms with Gasteiger partial charge in [-0.2, -0.15) is 15.0 Å². The third-order valence-corrected chi connectivity index (χ3v) is 3.34. The molecule has 0 aliphatic carbocycles. The molecule has 0 atom stereocenters. The van der Waals surface area contributed by atoms with Gasteiger partial charge < -0.3 is 14.6 Å². The molecule has 7 heteroatoms. The number of rotatable bonds is 5. The highest BCUT2D eigenvalue weighted by molar-refractivity contribution is 9.10. The van der Waals surface area contributed by atoms with Gasteiger partial charge in [0.05, 0.1) is 10.7 Å². The van der Waals surface area contributed by atoms with Crippen LogP contribution in [0.4, 0.5) is 11.9 Å². The average Bonchev–Trinajstić information content (AvgIpc) is 2.86. The highest BCUT2D eigenvalue weighted by Crippen LogP contribution is 2.28. The third kappa shape index (κ3) is 2.86. The van der Waals surface area contributed by atoms with Gasteiger partial charge in [-0.15, -0.1) is 0 Å². The van der Waals surface area contributed by atoms with Gasteiger partial charge in [0.1, 0.15) is 0 Å². The predicted molar refractivity (Wildman–Crippen MR) is 78.3 cm³/mol. The van der Waals surface area contributed by atoms with E-state index in [0.717, 1.165) is 17.6 Å². The fourth-order valence-corrected chi connectivity index (χ4v) is 2.06. The molecule has 19 heavy (non-hydrogen) atoms. The number of furan rings is 1. The summed E-state index contributed by atoms with van der Waals surface area (Å²) in [5.41, 5.74) is 0. The Hall–Kier alpha value is -1.63. The number of nitrogens with zero attached hydrogens (tertiary/aromatic N) is 4. The number of aromatic nitrogens is 3. The minimum absolute atomic E-state index is 0.512. The Morgan fingerprint density at radius 3 is 2.53 bits per heavy atom. The van der Waals surface area contributed by atoms with Gasteiger partial charge >= 0.3 is 0 Å². The zero-order valence-electron chi connectivity index (χ0n) is 11.1. The number of anilines is 2. The molecule has 2 aromatic rings. The SMILES string of the molecule is CCN(CC)c1nc(NC)nc(-c2occc2Br)n1. The van der Waals surface area contributed by atoms with Crippen molar-refractivity contribution in [1.82, 2.24) is 15.0 Å². The Labute approximate surface area is 120 Å². The first kappa shape index (κ1) is 13.8. The minimum Gasteiger partial charge on any atom is -0.460 e. The van der Waals surface area contributed by atoms with Crippen molar-refractivity contribution < 1.29 is 4.42 Å². The number of hydrogen-bond acceptors (Lipinski definition) is 6. The first-order valence-electron chi connectivity index (χ1n) is 6.11. The van der Waals surface area contributed by atoms with E-state index in [1.807, 2.05) is 6.07 Å². The molecule has 2 rings (SSSR count). The van der Waals surface area contributed by atoms with Crippen molar-refractivity contribution in [1.29, 1.82) is 0 Å². The molecular formula is C12H16BrN5O. The van der Waals surface area contributed by atoms with E-state index in [2.05, 4.69) is 54.9 Å². The Morgan fingerprint density at radius 1 is 1.26 bits per heavy atom. The highest BCUT2D eigenvalue weighted by atomic mass is 79.9. The van der Waals surface area contributed by atoms with Crippen LogP contribution in [0.15, 0.2) is 21.2 Å². The van der Waals surface area contributed by atoms with Gasteiger partial charge in [-0.3, -0.25) is 0 Å². The van der Waals surface area contributed by atoms with Crippen LogP contribution in [0.25, 0.3) is 11.6 Å². The van der Waals surface area contributed by atoms with E-state index >= 15 is 0 Å². The Bertz CT molecular complexity index is 553. The van der Waals surface area contributed by atoms with Crippen LogP contribution < -0.4 is 10.2 Å². The van der Waals surface area contributed by atoms with Crippen LogP contribution in [0.5, 0.6) is 0 Å². The molecule has 2 heterocycles. The molecule has 0 aliphatic rings. The maximum Gasteiger partial charge on any atom is 0.230 e. The van der Waals surface area contributed by atoms with Crippen molar-refractivity contribution >= 4 is 27.8 Å². The summed E-state index contributed by atoms with van der Waals surface area (Å²) in [7, 11) is 1.78. The summed E-state index contributed by atoms with van der Waals surface area (Å²) in [4.78, 5) is 15.2. The first-order valence-corrected chi connectivity index (χ1v) is 6.91. The third-order valence-electron chi connectivity index (χ3n) is 2.71. The number of halogens is 1. The van der Waals surface area contributed by atoms with Crippen LogP contribution in [0.2, 0.25) is 0 Å². The van der Waals surface area contributed by atoms with Crippen LogP contribution >= 0.6 is 15.9 Å². The molecule has 2 aromatic heterocycles. The lowest BCUT2D eigenvalue weighted by atomic mass is 10.4. The Balaban J connectivity index is 2.50. The normalized spacial score (nSPS) is 10.5. The summed E-state index contributed by atoms with van der Waals surface area (Å²) < 4.78 is 6.23. The van der Waals surface area contributed by atoms with Gasteiger partial charge in [0.2, 0.25) is 17.7 Å². The lowest BCUT2D eigenvalue weighted by Crippen LogP contribution is -2.25. The maximum atomic E-state index is 5.41. The first-order chi connectivity index (χ1) is 9.19. The molecule has 0 aliphatic heterocycles. The van der Waals surface area contributed by atoms with Crippen LogP contribution in [-0.2, 0) is 0 Å². The van der Waals surface area contributed by atoms with Crippen LogP contribution in [-0.4, -0.2) is 35.1 Å². The van der Waals surface area contributed by atoms with Gasteiger partial charge in [0, 0.05) is 20.1 Å². The van der Waals surface area contributed by atoms with Gasteiger partial charge in [0.25, 0.3) is 0 Å². The number of hydrogen-bond donors (Lipinski definition) is 1. The van der Waals surface area contributed by atoms with Crippen molar-refractivity contribution in [2.45, 2.75) is 13.8 Å². The maximum absolute atomic E-state index is 5.41. The molecule has 0 saturated carbocycles. The van der Waals surface area contributed by atoms with Crippen LogP contribution in [0.3, 0.4) is 0 Å². The van der Waals surface area contributed by atoms with Crippen molar-refractivity contribution in [2.24, 2.45) is 0 Å². The van der Waals surface area contributed by atoms with Gasteiger partial charge in [-0.25, -0.2) is 0 Å². The molecular weight excluding hydrogens is 310 g/mol. The summed E-state index contributed by atoms with van der Waals surface area (Å²) >= 11 is 3.42. The molecule has 0 bridgehead atoms. The average molecular weight is 326 g/mol. The Kier molecular flexibility index (Phi) is 4.36. The quantitative estimate of drug-likeness (QED) is 0.911. The zero-order valence-corrected chi connectivity index (χ0v) is 12.7. The molecule has 0 amide bonds. The second kappa shape index (κ2) is 6.01. The fourth-order valence-electron chi connectivity index (χ4n) is 1.68. The standard InChI is InChI=1S/C12H16BrN5O/c1-4-18(5-2)12-16-10(15-11(14-3)17-12)9-8(13)6-7-19-9/h6-7H,4-5H2,1-3H3,(H,14,15,16,17). The largest absolute Gasteiger partial charge is 0.460 e. The lowest BCUT2D eigenvalue weighted by Gasteiger charge is -2.19. The van der Waals surface area contributed by atoms with E-state index in [9.17, 15) is 0 Å². The molecule has 0 fully saturated rings. The van der Waals surface area contributed by atoms with E-state index in [-0.39, 0.29) is 0 Å². The summed E-state index contributed by atoms with van der Waals surface area (Å²) in [5.74, 6) is 2.28. The fraction of sp³-hybridized carbons (Fsp3) is 0.417. The van der Waals surface area contributed by atoms with Gasteiger partial charge in [0.15, 0.2) is 5.76 Å². The predicted octanol–water partition coefficient (Wildman–Crippen LogP) is 2.78. The highest BCUT2D eigenvalue weighted by Gasteiger charge is 2.15. The monoisotopic (exact) mass is 325 g/mol. The molecule has 0 saturated heterocycles. The van der Waals surface area contributed by atoms with Crippen molar-refractivity contribution in [3.63, 3.8) is 0 Å². The van der Waals surface area contributed by atoms with Crippen molar-refractivity contribution in [3.8, 4) is 11.6 Å². The summed E-state index contributed by atoms with van der Waals surface area (Å²) in [6.45, 7) is 5.80. The van der Waals surface area contributed by atoms with Crippen LogP contribution in [0, 0.1) is 0 Å². The summed E-state index contributed by atoms with van der Waals surface area (Å²) in [5, 5.41) is 2.95. The molecule has 6 nitrogen and oxygen atoms in total. The summed E-state index contributed by atoms with van der Waals surface area (Å²) in [6.07, 6.45) is 1.60. The zero-order chi connectivity index (χ0) is 13.8. The Morgan fingerprint density at radius 2 is 2.00 bits per heavy atom. The lowest BCUT2D eigenvalue weighted by molar-refractivity contribution is 0.575. The van der Waals surface area contributed by atoms with E-state index in [1.165, 1.54) is 0 Å². The van der Waals surface area contributed by atoms with E-state index < -0.39 is 0 Å². The number of nitrogens with one attached hydrogen (secondary N) is 1. The van der Waals surface area contributed by atoms with Crippen molar-refractivity contribution in [3.05, 3.63) is 16.8 Å². The molecule has 0 spiro atoms. The van der Waals surface area contributed by atoms with Gasteiger partial charge in [-0.05, 0) is 35.8 Å². The molecule has 0 aromatic carbocycles. The minimum atomic E-state index is 0.512. The van der Waals surface area contributed by atoms with Crippen molar-refractivity contribution in [2.75, 3.05) is 30.4 Å². The van der Waals surface area contributed by atoms with Gasteiger partial charge in [-0.1, -0.05) is 0 Å². The molecule has 102 valence electrons. The second-order valence-corrected chi connectivity index (χ2v) is 4.66. The van der Waals surface area contributed by atoms with E-state index in [4.69, 9.17) is 4.42 Å². The van der Waals surface area contributed by atoms with E-state index in [1.54, 1.807) is 13.3 Å². The topological polar surface area (TPSA) is 67.1 Å². The summed E-state index contributed by atoms with van der Waals surface area (Å²) in [6, 6.07) is 1.81. The molecule has 0 radical (unpaired) electrons. The smallest absolute Gasteiger partial charge is 0.230 e. The molecule has 0 unspecified atom stereocenters. The second-order valence-electron chi connectivity index (χ2n) is 3.80. The molecule has 1 N–H and O–H groups in total. The van der Waals surface area contributed by atoms with Crippen LogP contribution in [0.1, 0.15) is 13.8 Å². The van der Waals surface area contributed by atoms with E-state index in [0.29, 0.717) is 23.5 Å².